The number of pyridine rings is 1. The first kappa shape index (κ1) is 15.8. The molecule has 3 rings (SSSR count). The van der Waals surface area contributed by atoms with Crippen molar-refractivity contribution in [2.24, 2.45) is 0 Å². The van der Waals surface area contributed by atoms with Crippen molar-refractivity contribution < 1.29 is 4.79 Å². The van der Waals surface area contributed by atoms with Gasteiger partial charge in [0.1, 0.15) is 0 Å². The summed E-state index contributed by atoms with van der Waals surface area (Å²) in [5.41, 5.74) is 2.45. The summed E-state index contributed by atoms with van der Waals surface area (Å²) in [5.74, 6) is -0.104. The molecular weight excluding hydrogens is 332 g/mol. The summed E-state index contributed by atoms with van der Waals surface area (Å²) in [6.07, 6.45) is 1.88. The molecule has 0 unspecified atom stereocenters. The van der Waals surface area contributed by atoms with Crippen LogP contribution in [0.2, 0.25) is 5.02 Å². The SMILES string of the molecule is Cc1ccc(Cl)cc1NC(=O)[C@H](C)Sc1nnc2ccccn12. The highest BCUT2D eigenvalue weighted by atomic mass is 35.5. The van der Waals surface area contributed by atoms with Crippen LogP contribution in [0.15, 0.2) is 47.8 Å². The van der Waals surface area contributed by atoms with E-state index in [4.69, 9.17) is 11.6 Å². The highest BCUT2D eigenvalue weighted by Gasteiger charge is 2.18. The highest BCUT2D eigenvalue weighted by Crippen LogP contribution is 2.25. The Bertz CT molecular complexity index is 864. The number of carbonyl (C=O) groups is 1. The zero-order valence-electron chi connectivity index (χ0n) is 12.7. The predicted molar refractivity (Wildman–Crippen MR) is 93.1 cm³/mol. The van der Waals surface area contributed by atoms with Crippen LogP contribution in [0.3, 0.4) is 0 Å². The van der Waals surface area contributed by atoms with Crippen molar-refractivity contribution in [2.75, 3.05) is 5.32 Å². The lowest BCUT2D eigenvalue weighted by molar-refractivity contribution is -0.115. The molecule has 0 spiro atoms. The lowest BCUT2D eigenvalue weighted by Gasteiger charge is -2.13. The van der Waals surface area contributed by atoms with Gasteiger partial charge in [-0.2, -0.15) is 0 Å². The molecule has 0 saturated heterocycles. The highest BCUT2D eigenvalue weighted by molar-refractivity contribution is 8.00. The Hall–Kier alpha value is -2.05. The lowest BCUT2D eigenvalue weighted by Crippen LogP contribution is -2.23. The van der Waals surface area contributed by atoms with E-state index < -0.39 is 0 Å². The summed E-state index contributed by atoms with van der Waals surface area (Å²) in [6, 6.07) is 11.1. The van der Waals surface area contributed by atoms with Crippen LogP contribution < -0.4 is 5.32 Å². The van der Waals surface area contributed by atoms with E-state index in [1.54, 1.807) is 12.1 Å². The number of aryl methyl sites for hydroxylation is 1. The first-order chi connectivity index (χ1) is 11.0. The third-order valence-corrected chi connectivity index (χ3v) is 4.68. The number of carbonyl (C=O) groups excluding carboxylic acids is 1. The maximum absolute atomic E-state index is 12.4. The van der Waals surface area contributed by atoms with Crippen molar-refractivity contribution in [3.63, 3.8) is 0 Å². The number of thioether (sulfide) groups is 1. The molecule has 1 amide bonds. The Morgan fingerprint density at radius 3 is 2.96 bits per heavy atom. The van der Waals surface area contributed by atoms with Gasteiger partial charge in [-0.1, -0.05) is 35.5 Å². The van der Waals surface area contributed by atoms with Crippen molar-refractivity contribution >= 4 is 40.6 Å². The summed E-state index contributed by atoms with van der Waals surface area (Å²) >= 11 is 7.34. The second-order valence-electron chi connectivity index (χ2n) is 5.12. The van der Waals surface area contributed by atoms with Crippen LogP contribution in [0, 0.1) is 6.92 Å². The molecule has 1 N–H and O–H groups in total. The molecule has 2 heterocycles. The van der Waals surface area contributed by atoms with Crippen LogP contribution in [0.25, 0.3) is 5.65 Å². The molecule has 118 valence electrons. The molecular formula is C16H15ClN4OS. The molecule has 5 nitrogen and oxygen atoms in total. The number of hydrogen-bond acceptors (Lipinski definition) is 4. The Kier molecular flexibility index (Phi) is 4.54. The maximum Gasteiger partial charge on any atom is 0.237 e. The van der Waals surface area contributed by atoms with E-state index in [0.717, 1.165) is 16.9 Å². The van der Waals surface area contributed by atoms with Gasteiger partial charge in [0.25, 0.3) is 0 Å². The average Bonchev–Trinajstić information content (AvgIpc) is 2.94. The lowest BCUT2D eigenvalue weighted by atomic mass is 10.2. The van der Waals surface area contributed by atoms with Crippen LogP contribution in [0.4, 0.5) is 5.69 Å². The minimum absolute atomic E-state index is 0.104. The van der Waals surface area contributed by atoms with Gasteiger partial charge in [0.05, 0.1) is 5.25 Å². The molecule has 0 aliphatic rings. The smallest absolute Gasteiger partial charge is 0.237 e. The second kappa shape index (κ2) is 6.60. The Labute approximate surface area is 143 Å². The van der Waals surface area contributed by atoms with Crippen molar-refractivity contribution in [3.05, 3.63) is 53.2 Å². The van der Waals surface area contributed by atoms with E-state index in [2.05, 4.69) is 15.5 Å². The van der Waals surface area contributed by atoms with E-state index >= 15 is 0 Å². The Morgan fingerprint density at radius 2 is 2.13 bits per heavy atom. The normalized spacial score (nSPS) is 12.3. The average molecular weight is 347 g/mol. The summed E-state index contributed by atoms with van der Waals surface area (Å²) in [7, 11) is 0. The van der Waals surface area contributed by atoms with Crippen LogP contribution in [-0.2, 0) is 4.79 Å². The van der Waals surface area contributed by atoms with Gasteiger partial charge in [-0.3, -0.25) is 9.20 Å². The molecule has 1 atom stereocenters. The van der Waals surface area contributed by atoms with Gasteiger partial charge >= 0.3 is 0 Å². The second-order valence-corrected chi connectivity index (χ2v) is 6.86. The van der Waals surface area contributed by atoms with E-state index in [-0.39, 0.29) is 11.2 Å². The topological polar surface area (TPSA) is 59.3 Å². The Morgan fingerprint density at radius 1 is 1.30 bits per heavy atom. The number of anilines is 1. The largest absolute Gasteiger partial charge is 0.325 e. The molecule has 0 fully saturated rings. The minimum atomic E-state index is -0.319. The zero-order chi connectivity index (χ0) is 16.4. The number of rotatable bonds is 4. The van der Waals surface area contributed by atoms with Crippen molar-refractivity contribution in [2.45, 2.75) is 24.3 Å². The number of hydrogen-bond donors (Lipinski definition) is 1. The Balaban J connectivity index is 1.74. The fourth-order valence-electron chi connectivity index (χ4n) is 2.07. The number of fused-ring (bicyclic) bond motifs is 1. The maximum atomic E-state index is 12.4. The van der Waals surface area contributed by atoms with Crippen LogP contribution >= 0.6 is 23.4 Å². The number of nitrogens with one attached hydrogen (secondary N) is 1. The van der Waals surface area contributed by atoms with Crippen molar-refractivity contribution in [1.29, 1.82) is 0 Å². The summed E-state index contributed by atoms with van der Waals surface area (Å²) in [6.45, 7) is 3.76. The molecule has 0 bridgehead atoms. The van der Waals surface area contributed by atoms with Gasteiger partial charge < -0.3 is 5.32 Å². The molecule has 3 aromatic rings. The number of amides is 1. The molecule has 23 heavy (non-hydrogen) atoms. The number of aromatic nitrogens is 3. The third-order valence-electron chi connectivity index (χ3n) is 3.39. The van der Waals surface area contributed by atoms with E-state index in [1.807, 2.05) is 48.7 Å². The molecule has 7 heteroatoms. The molecule has 1 aromatic carbocycles. The summed E-state index contributed by atoms with van der Waals surface area (Å²) < 4.78 is 1.86. The number of halogens is 1. The van der Waals surface area contributed by atoms with E-state index in [9.17, 15) is 4.79 Å². The molecule has 2 aromatic heterocycles. The first-order valence-corrected chi connectivity index (χ1v) is 8.34. The fourth-order valence-corrected chi connectivity index (χ4v) is 3.08. The van der Waals surface area contributed by atoms with Crippen LogP contribution in [0.5, 0.6) is 0 Å². The molecule has 0 aliphatic heterocycles. The third kappa shape index (κ3) is 3.48. The quantitative estimate of drug-likeness (QED) is 0.730. The van der Waals surface area contributed by atoms with Gasteiger partial charge in [-0.15, -0.1) is 10.2 Å². The zero-order valence-corrected chi connectivity index (χ0v) is 14.2. The van der Waals surface area contributed by atoms with Gasteiger partial charge in [-0.05, 0) is 43.7 Å². The van der Waals surface area contributed by atoms with Crippen molar-refractivity contribution in [1.82, 2.24) is 14.6 Å². The van der Waals surface area contributed by atoms with Crippen LogP contribution in [-0.4, -0.2) is 25.8 Å². The minimum Gasteiger partial charge on any atom is -0.325 e. The van der Waals surface area contributed by atoms with E-state index in [0.29, 0.717) is 10.2 Å². The molecule has 0 aliphatic carbocycles. The van der Waals surface area contributed by atoms with Crippen molar-refractivity contribution in [3.8, 4) is 0 Å². The summed E-state index contributed by atoms with van der Waals surface area (Å²) in [4.78, 5) is 12.4. The molecule has 0 saturated carbocycles. The monoisotopic (exact) mass is 346 g/mol. The predicted octanol–water partition coefficient (Wildman–Crippen LogP) is 3.81. The van der Waals surface area contributed by atoms with E-state index in [1.165, 1.54) is 11.8 Å². The number of nitrogens with zero attached hydrogens (tertiary/aromatic N) is 3. The standard InChI is InChI=1S/C16H15ClN4OS/c1-10-6-7-12(17)9-13(10)18-15(22)11(2)23-16-20-19-14-5-3-4-8-21(14)16/h3-9,11H,1-2H3,(H,18,22)/t11-/m0/s1. The van der Waals surface area contributed by atoms with Crippen LogP contribution in [0.1, 0.15) is 12.5 Å². The first-order valence-electron chi connectivity index (χ1n) is 7.08. The van der Waals surface area contributed by atoms with Gasteiger partial charge in [0.2, 0.25) is 5.91 Å². The van der Waals surface area contributed by atoms with Gasteiger partial charge in [0, 0.05) is 16.9 Å². The number of benzene rings is 1. The van der Waals surface area contributed by atoms with Gasteiger partial charge in [0.15, 0.2) is 10.8 Å². The summed E-state index contributed by atoms with van der Waals surface area (Å²) in [5, 5.41) is 12.1. The van der Waals surface area contributed by atoms with Gasteiger partial charge in [-0.25, -0.2) is 0 Å². The molecule has 0 radical (unpaired) electrons. The fraction of sp³-hybridized carbons (Fsp3) is 0.188.